The molecule has 1 aliphatic carbocycles. The normalized spacial score (nSPS) is 30.1. The lowest BCUT2D eigenvalue weighted by Crippen LogP contribution is -2.01. The third kappa shape index (κ3) is 5.87. The molecule has 1 nitrogen and oxygen atoms in total. The Balaban J connectivity index is 2.22. The van der Waals surface area contributed by atoms with Crippen LogP contribution in [0.5, 0.6) is 0 Å². The molecule has 76 valence electrons. The highest BCUT2D eigenvalue weighted by Gasteiger charge is 1.99. The van der Waals surface area contributed by atoms with E-state index in [0.29, 0.717) is 0 Å². The average molecular weight is 182 g/mol. The molecule has 0 aliphatic heterocycles. The summed E-state index contributed by atoms with van der Waals surface area (Å²) in [5.41, 5.74) is 0. The van der Waals surface area contributed by atoms with Crippen LogP contribution in [-0.2, 0) is 0 Å². The van der Waals surface area contributed by atoms with Gasteiger partial charge in [-0.3, -0.25) is 0 Å². The molecule has 0 aromatic heterocycles. The SMILES string of the molecule is OC1/C=C\CCCCCCCCC1. The number of hydrogen-bond donors (Lipinski definition) is 1. The zero-order valence-corrected chi connectivity index (χ0v) is 8.54. The van der Waals surface area contributed by atoms with Gasteiger partial charge in [-0.15, -0.1) is 0 Å². The second-order valence-electron chi connectivity index (χ2n) is 4.05. The fourth-order valence-electron chi connectivity index (χ4n) is 1.85. The van der Waals surface area contributed by atoms with Crippen LogP contribution in [0.4, 0.5) is 0 Å². The van der Waals surface area contributed by atoms with Gasteiger partial charge >= 0.3 is 0 Å². The van der Waals surface area contributed by atoms with Gasteiger partial charge in [0.05, 0.1) is 6.10 Å². The number of rotatable bonds is 0. The smallest absolute Gasteiger partial charge is 0.0720 e. The van der Waals surface area contributed by atoms with Gasteiger partial charge in [0, 0.05) is 0 Å². The van der Waals surface area contributed by atoms with Crippen LogP contribution in [-0.4, -0.2) is 11.2 Å². The molecule has 0 heterocycles. The van der Waals surface area contributed by atoms with E-state index in [1.165, 1.54) is 44.9 Å². The van der Waals surface area contributed by atoms with Crippen molar-refractivity contribution in [2.24, 2.45) is 0 Å². The fourth-order valence-corrected chi connectivity index (χ4v) is 1.85. The van der Waals surface area contributed by atoms with E-state index in [0.717, 1.165) is 12.8 Å². The highest BCUT2D eigenvalue weighted by atomic mass is 16.3. The summed E-state index contributed by atoms with van der Waals surface area (Å²) in [6, 6.07) is 0. The van der Waals surface area contributed by atoms with Gasteiger partial charge in [-0.1, -0.05) is 50.7 Å². The second-order valence-corrected chi connectivity index (χ2v) is 4.05. The van der Waals surface area contributed by atoms with Crippen molar-refractivity contribution in [1.29, 1.82) is 0 Å². The number of aliphatic hydroxyl groups is 1. The molecule has 1 unspecified atom stereocenters. The maximum atomic E-state index is 9.51. The zero-order valence-electron chi connectivity index (χ0n) is 8.54. The van der Waals surface area contributed by atoms with Crippen LogP contribution >= 0.6 is 0 Å². The number of aliphatic hydroxyl groups excluding tert-OH is 1. The monoisotopic (exact) mass is 182 g/mol. The van der Waals surface area contributed by atoms with Crippen molar-refractivity contribution in [3.8, 4) is 0 Å². The van der Waals surface area contributed by atoms with Gasteiger partial charge in [0.25, 0.3) is 0 Å². The molecule has 0 saturated heterocycles. The van der Waals surface area contributed by atoms with Crippen molar-refractivity contribution in [1.82, 2.24) is 0 Å². The quantitative estimate of drug-likeness (QED) is 0.569. The van der Waals surface area contributed by atoms with E-state index in [1.807, 2.05) is 6.08 Å². The van der Waals surface area contributed by atoms with E-state index in [1.54, 1.807) is 0 Å². The molecule has 1 heteroatoms. The Morgan fingerprint density at radius 1 is 0.846 bits per heavy atom. The van der Waals surface area contributed by atoms with Gasteiger partial charge < -0.3 is 5.11 Å². The Morgan fingerprint density at radius 3 is 2.23 bits per heavy atom. The lowest BCUT2D eigenvalue weighted by Gasteiger charge is -2.07. The highest BCUT2D eigenvalue weighted by molar-refractivity contribution is 4.88. The molecule has 0 saturated carbocycles. The van der Waals surface area contributed by atoms with E-state index >= 15 is 0 Å². The molecule has 1 N–H and O–H groups in total. The molecular formula is C12H22O. The number of hydrogen-bond acceptors (Lipinski definition) is 1. The van der Waals surface area contributed by atoms with Crippen molar-refractivity contribution >= 4 is 0 Å². The van der Waals surface area contributed by atoms with Crippen molar-refractivity contribution in [3.63, 3.8) is 0 Å². The molecule has 0 aromatic carbocycles. The predicted octanol–water partition coefficient (Wildman–Crippen LogP) is 3.43. The highest BCUT2D eigenvalue weighted by Crippen LogP contribution is 2.13. The molecule has 0 aromatic rings. The first-order valence-electron chi connectivity index (χ1n) is 5.74. The van der Waals surface area contributed by atoms with E-state index in [4.69, 9.17) is 0 Å². The first kappa shape index (κ1) is 10.8. The standard InChI is InChI=1S/C12H22O/c13-12-10-8-6-4-2-1-3-5-7-9-11-12/h8,10,12-13H,1-7,9,11H2/b10-8-. The summed E-state index contributed by atoms with van der Waals surface area (Å²) >= 11 is 0. The summed E-state index contributed by atoms with van der Waals surface area (Å²) < 4.78 is 0. The average Bonchev–Trinajstić information content (AvgIpc) is 2.11. The van der Waals surface area contributed by atoms with Gasteiger partial charge in [-0.2, -0.15) is 0 Å². The molecule has 0 bridgehead atoms. The Hall–Kier alpha value is -0.300. The first-order chi connectivity index (χ1) is 6.39. The third-order valence-corrected chi connectivity index (χ3v) is 2.73. The van der Waals surface area contributed by atoms with E-state index in [2.05, 4.69) is 6.08 Å². The maximum Gasteiger partial charge on any atom is 0.0720 e. The Kier molecular flexibility index (Phi) is 5.92. The predicted molar refractivity (Wildman–Crippen MR) is 56.7 cm³/mol. The van der Waals surface area contributed by atoms with Crippen LogP contribution in [0.1, 0.15) is 57.8 Å². The van der Waals surface area contributed by atoms with Crippen LogP contribution in [0.15, 0.2) is 12.2 Å². The Morgan fingerprint density at radius 2 is 1.46 bits per heavy atom. The minimum atomic E-state index is -0.181. The molecule has 1 atom stereocenters. The van der Waals surface area contributed by atoms with Crippen LogP contribution in [0.2, 0.25) is 0 Å². The summed E-state index contributed by atoms with van der Waals surface area (Å²) in [6.45, 7) is 0. The molecule has 0 amide bonds. The summed E-state index contributed by atoms with van der Waals surface area (Å²) in [6.07, 6.45) is 15.3. The van der Waals surface area contributed by atoms with Crippen molar-refractivity contribution in [3.05, 3.63) is 12.2 Å². The van der Waals surface area contributed by atoms with Gasteiger partial charge in [0.15, 0.2) is 0 Å². The second kappa shape index (κ2) is 7.14. The summed E-state index contributed by atoms with van der Waals surface area (Å²) in [5.74, 6) is 0. The molecule has 13 heavy (non-hydrogen) atoms. The molecule has 0 fully saturated rings. The molecule has 0 radical (unpaired) electrons. The molecule has 1 aliphatic rings. The van der Waals surface area contributed by atoms with Crippen molar-refractivity contribution in [2.75, 3.05) is 0 Å². The molecular weight excluding hydrogens is 160 g/mol. The van der Waals surface area contributed by atoms with Crippen LogP contribution < -0.4 is 0 Å². The van der Waals surface area contributed by atoms with E-state index in [-0.39, 0.29) is 6.10 Å². The van der Waals surface area contributed by atoms with Crippen molar-refractivity contribution < 1.29 is 5.11 Å². The Bertz CT molecular complexity index is 140. The van der Waals surface area contributed by atoms with Crippen LogP contribution in [0.25, 0.3) is 0 Å². The lowest BCUT2D eigenvalue weighted by molar-refractivity contribution is 0.207. The largest absolute Gasteiger partial charge is 0.389 e. The minimum Gasteiger partial charge on any atom is -0.389 e. The molecule has 1 rings (SSSR count). The zero-order chi connectivity index (χ0) is 9.36. The fraction of sp³-hybridized carbons (Fsp3) is 0.833. The minimum absolute atomic E-state index is 0.181. The van der Waals surface area contributed by atoms with Crippen LogP contribution in [0, 0.1) is 0 Å². The maximum absolute atomic E-state index is 9.51. The third-order valence-electron chi connectivity index (χ3n) is 2.73. The first-order valence-corrected chi connectivity index (χ1v) is 5.74. The van der Waals surface area contributed by atoms with E-state index < -0.39 is 0 Å². The van der Waals surface area contributed by atoms with Gasteiger partial charge in [0.2, 0.25) is 0 Å². The Labute approximate surface area is 81.9 Å². The summed E-state index contributed by atoms with van der Waals surface area (Å²) in [7, 11) is 0. The number of allylic oxidation sites excluding steroid dienone is 1. The van der Waals surface area contributed by atoms with Crippen LogP contribution in [0.3, 0.4) is 0 Å². The van der Waals surface area contributed by atoms with Crippen molar-refractivity contribution in [2.45, 2.75) is 63.9 Å². The van der Waals surface area contributed by atoms with Gasteiger partial charge in [-0.25, -0.2) is 0 Å². The lowest BCUT2D eigenvalue weighted by atomic mass is 10.0. The van der Waals surface area contributed by atoms with Gasteiger partial charge in [0.1, 0.15) is 0 Å². The summed E-state index contributed by atoms with van der Waals surface area (Å²) in [4.78, 5) is 0. The topological polar surface area (TPSA) is 20.2 Å². The summed E-state index contributed by atoms with van der Waals surface area (Å²) in [5, 5.41) is 9.51. The van der Waals surface area contributed by atoms with Gasteiger partial charge in [-0.05, 0) is 19.3 Å². The van der Waals surface area contributed by atoms with E-state index in [9.17, 15) is 5.11 Å². The molecule has 0 spiro atoms.